The Kier molecular flexibility index (Phi) is 3.92. The summed E-state index contributed by atoms with van der Waals surface area (Å²) in [6, 6.07) is 9.37. The van der Waals surface area contributed by atoms with E-state index in [1.807, 2.05) is 44.2 Å². The van der Waals surface area contributed by atoms with Gasteiger partial charge in [-0.25, -0.2) is 9.50 Å². The number of methoxy groups -OCH3 is 1. The highest BCUT2D eigenvalue weighted by Crippen LogP contribution is 2.11. The highest BCUT2D eigenvalue weighted by Gasteiger charge is 2.14. The smallest absolute Gasteiger partial charge is 0.291 e. The zero-order chi connectivity index (χ0) is 16.4. The number of ether oxygens (including phenoxy) is 1. The van der Waals surface area contributed by atoms with E-state index in [9.17, 15) is 4.79 Å². The first-order chi connectivity index (χ1) is 11.1. The summed E-state index contributed by atoms with van der Waals surface area (Å²) in [6.07, 6.45) is 0. The highest BCUT2D eigenvalue weighted by atomic mass is 16.5. The van der Waals surface area contributed by atoms with Crippen molar-refractivity contribution in [3.05, 3.63) is 53.1 Å². The molecular formula is C16H17N5O2. The van der Waals surface area contributed by atoms with Gasteiger partial charge in [-0.2, -0.15) is 4.98 Å². The Morgan fingerprint density at radius 3 is 2.65 bits per heavy atom. The van der Waals surface area contributed by atoms with Crippen molar-refractivity contribution in [3.8, 4) is 5.75 Å². The van der Waals surface area contributed by atoms with Gasteiger partial charge in [0.05, 0.1) is 7.11 Å². The predicted octanol–water partition coefficient (Wildman–Crippen LogP) is 1.68. The molecule has 0 aliphatic heterocycles. The Labute approximate surface area is 133 Å². The number of nitrogens with one attached hydrogen (secondary N) is 1. The third-order valence-corrected chi connectivity index (χ3v) is 3.43. The number of hydrogen-bond donors (Lipinski definition) is 1. The van der Waals surface area contributed by atoms with Crippen LogP contribution in [0.15, 0.2) is 30.3 Å². The maximum Gasteiger partial charge on any atom is 0.291 e. The van der Waals surface area contributed by atoms with Crippen LogP contribution in [0.1, 0.15) is 27.6 Å². The average Bonchev–Trinajstić information content (AvgIpc) is 2.97. The van der Waals surface area contributed by atoms with E-state index in [1.165, 1.54) is 0 Å². The minimum Gasteiger partial charge on any atom is -0.497 e. The summed E-state index contributed by atoms with van der Waals surface area (Å²) in [7, 11) is 1.61. The molecule has 2 aromatic heterocycles. The van der Waals surface area contributed by atoms with Crippen LogP contribution in [0.3, 0.4) is 0 Å². The minimum atomic E-state index is -0.330. The van der Waals surface area contributed by atoms with Crippen LogP contribution in [0.25, 0.3) is 5.78 Å². The molecular weight excluding hydrogens is 294 g/mol. The predicted molar refractivity (Wildman–Crippen MR) is 84.4 cm³/mol. The van der Waals surface area contributed by atoms with Gasteiger partial charge in [0.1, 0.15) is 5.75 Å². The molecule has 0 bridgehead atoms. The first-order valence-electron chi connectivity index (χ1n) is 7.19. The summed E-state index contributed by atoms with van der Waals surface area (Å²) in [5, 5.41) is 7.01. The van der Waals surface area contributed by atoms with Crippen molar-refractivity contribution in [2.45, 2.75) is 20.4 Å². The van der Waals surface area contributed by atoms with Gasteiger partial charge in [-0.15, -0.1) is 5.10 Å². The number of carbonyl (C=O) groups is 1. The Balaban J connectivity index is 1.74. The molecule has 0 saturated carbocycles. The lowest BCUT2D eigenvalue weighted by Gasteiger charge is -2.04. The number of carbonyl (C=O) groups excluding carboxylic acids is 1. The molecule has 1 N–H and O–H groups in total. The van der Waals surface area contributed by atoms with Crippen LogP contribution in [-0.4, -0.2) is 32.6 Å². The van der Waals surface area contributed by atoms with Crippen molar-refractivity contribution >= 4 is 11.7 Å². The molecule has 7 nitrogen and oxygen atoms in total. The Morgan fingerprint density at radius 2 is 1.96 bits per heavy atom. The van der Waals surface area contributed by atoms with Crippen molar-refractivity contribution in [3.63, 3.8) is 0 Å². The maximum atomic E-state index is 12.2. The van der Waals surface area contributed by atoms with Gasteiger partial charge in [0.15, 0.2) is 0 Å². The van der Waals surface area contributed by atoms with Crippen LogP contribution >= 0.6 is 0 Å². The lowest BCUT2D eigenvalue weighted by molar-refractivity contribution is 0.0940. The number of benzene rings is 1. The molecule has 23 heavy (non-hydrogen) atoms. The molecule has 2 heterocycles. The van der Waals surface area contributed by atoms with Crippen molar-refractivity contribution in [2.75, 3.05) is 7.11 Å². The maximum absolute atomic E-state index is 12.2. The van der Waals surface area contributed by atoms with E-state index in [-0.39, 0.29) is 11.7 Å². The van der Waals surface area contributed by atoms with Crippen LogP contribution < -0.4 is 10.1 Å². The van der Waals surface area contributed by atoms with Gasteiger partial charge in [-0.3, -0.25) is 4.79 Å². The van der Waals surface area contributed by atoms with Crippen LogP contribution in [0.2, 0.25) is 0 Å². The molecule has 7 heteroatoms. The van der Waals surface area contributed by atoms with Crippen molar-refractivity contribution in [1.29, 1.82) is 0 Å². The molecule has 0 aliphatic carbocycles. The van der Waals surface area contributed by atoms with Crippen molar-refractivity contribution in [1.82, 2.24) is 24.9 Å². The van der Waals surface area contributed by atoms with Gasteiger partial charge in [-0.05, 0) is 37.6 Å². The fourth-order valence-electron chi connectivity index (χ4n) is 2.27. The SMILES string of the molecule is COc1ccc(CNC(=O)c2nc3nc(C)cc(C)n3n2)cc1. The number of aryl methyl sites for hydroxylation is 2. The van der Waals surface area contributed by atoms with E-state index < -0.39 is 0 Å². The summed E-state index contributed by atoms with van der Waals surface area (Å²) in [5.41, 5.74) is 2.69. The number of rotatable bonds is 4. The van der Waals surface area contributed by atoms with Gasteiger partial charge >= 0.3 is 0 Å². The van der Waals surface area contributed by atoms with E-state index in [4.69, 9.17) is 4.74 Å². The molecule has 3 rings (SSSR count). The van der Waals surface area contributed by atoms with Crippen LogP contribution in [-0.2, 0) is 6.54 Å². The zero-order valence-electron chi connectivity index (χ0n) is 13.2. The summed E-state index contributed by atoms with van der Waals surface area (Å²) < 4.78 is 6.67. The number of nitrogens with zero attached hydrogens (tertiary/aromatic N) is 4. The number of amides is 1. The van der Waals surface area contributed by atoms with Crippen molar-refractivity contribution < 1.29 is 9.53 Å². The summed E-state index contributed by atoms with van der Waals surface area (Å²) in [4.78, 5) is 20.7. The number of fused-ring (bicyclic) bond motifs is 1. The van der Waals surface area contributed by atoms with Crippen LogP contribution in [0, 0.1) is 13.8 Å². The van der Waals surface area contributed by atoms with E-state index in [2.05, 4.69) is 20.4 Å². The molecule has 0 fully saturated rings. The third-order valence-electron chi connectivity index (χ3n) is 3.43. The van der Waals surface area contributed by atoms with Gasteiger partial charge in [-0.1, -0.05) is 12.1 Å². The van der Waals surface area contributed by atoms with E-state index in [0.29, 0.717) is 12.3 Å². The lowest BCUT2D eigenvalue weighted by Crippen LogP contribution is -2.24. The van der Waals surface area contributed by atoms with Crippen molar-refractivity contribution in [2.24, 2.45) is 0 Å². The summed E-state index contributed by atoms with van der Waals surface area (Å²) in [6.45, 7) is 4.17. The average molecular weight is 311 g/mol. The molecule has 3 aromatic rings. The fourth-order valence-corrected chi connectivity index (χ4v) is 2.27. The second-order valence-corrected chi connectivity index (χ2v) is 5.22. The highest BCUT2D eigenvalue weighted by molar-refractivity contribution is 5.90. The summed E-state index contributed by atoms with van der Waals surface area (Å²) in [5.74, 6) is 0.985. The topological polar surface area (TPSA) is 81.4 Å². The fraction of sp³-hybridized carbons (Fsp3) is 0.250. The lowest BCUT2D eigenvalue weighted by atomic mass is 10.2. The largest absolute Gasteiger partial charge is 0.497 e. The van der Waals surface area contributed by atoms with Gasteiger partial charge < -0.3 is 10.1 Å². The Hall–Kier alpha value is -2.96. The number of aromatic nitrogens is 4. The standard InChI is InChI=1S/C16H17N5O2/c1-10-8-11(2)21-16(18-10)19-14(20-21)15(22)17-9-12-4-6-13(23-3)7-5-12/h4-8H,9H2,1-3H3,(H,17,22). The normalized spacial score (nSPS) is 10.7. The van der Waals surface area contributed by atoms with E-state index in [1.54, 1.807) is 11.6 Å². The molecule has 0 atom stereocenters. The van der Waals surface area contributed by atoms with E-state index in [0.717, 1.165) is 22.7 Å². The monoisotopic (exact) mass is 311 g/mol. The molecule has 118 valence electrons. The zero-order valence-corrected chi connectivity index (χ0v) is 13.2. The second kappa shape index (κ2) is 6.04. The van der Waals surface area contributed by atoms with Crippen LogP contribution in [0.5, 0.6) is 5.75 Å². The molecule has 0 aliphatic rings. The van der Waals surface area contributed by atoms with Gasteiger partial charge in [0.2, 0.25) is 5.82 Å². The molecule has 0 spiro atoms. The summed E-state index contributed by atoms with van der Waals surface area (Å²) >= 11 is 0. The Bertz CT molecular complexity index is 855. The molecule has 1 amide bonds. The minimum absolute atomic E-state index is 0.111. The van der Waals surface area contributed by atoms with Gasteiger partial charge in [0.25, 0.3) is 11.7 Å². The second-order valence-electron chi connectivity index (χ2n) is 5.22. The number of hydrogen-bond acceptors (Lipinski definition) is 5. The van der Waals surface area contributed by atoms with E-state index >= 15 is 0 Å². The quantitative estimate of drug-likeness (QED) is 0.793. The molecule has 0 radical (unpaired) electrons. The molecule has 0 saturated heterocycles. The molecule has 0 unspecified atom stereocenters. The first-order valence-corrected chi connectivity index (χ1v) is 7.19. The molecule has 1 aromatic carbocycles. The third kappa shape index (κ3) is 3.13. The Morgan fingerprint density at radius 1 is 1.22 bits per heavy atom. The van der Waals surface area contributed by atoms with Gasteiger partial charge in [0, 0.05) is 17.9 Å². The van der Waals surface area contributed by atoms with Crippen LogP contribution in [0.4, 0.5) is 0 Å². The first kappa shape index (κ1) is 15.0.